The van der Waals surface area contributed by atoms with Crippen LogP contribution in [0, 0.1) is 5.95 Å². The summed E-state index contributed by atoms with van der Waals surface area (Å²) in [5, 5.41) is 2.82. The summed E-state index contributed by atoms with van der Waals surface area (Å²) < 4.78 is 31.5. The zero-order chi connectivity index (χ0) is 24.2. The van der Waals surface area contributed by atoms with Crippen LogP contribution < -0.4 is 20.5 Å². The number of nitrogens with one attached hydrogen (secondary N) is 1. The molecule has 35 heavy (non-hydrogen) atoms. The van der Waals surface area contributed by atoms with Crippen LogP contribution in [0.5, 0.6) is 17.4 Å². The smallest absolute Gasteiger partial charge is 0.283 e. The largest absolute Gasteiger partial charge is 0.480 e. The first kappa shape index (κ1) is 21.3. The number of methoxy groups -OCH3 is 1. The van der Waals surface area contributed by atoms with Gasteiger partial charge < -0.3 is 25.3 Å². The van der Waals surface area contributed by atoms with Crippen molar-refractivity contribution in [2.45, 2.75) is 30.7 Å². The highest BCUT2D eigenvalue weighted by atomic mass is 19.1. The fraction of sp³-hybridized carbons (Fsp3) is 0.292. The van der Waals surface area contributed by atoms with E-state index in [1.165, 1.54) is 19.5 Å². The number of hydrogen-bond acceptors (Lipinski definition) is 9. The molecule has 1 aliphatic carbocycles. The van der Waals surface area contributed by atoms with Crippen molar-refractivity contribution in [1.82, 2.24) is 15.0 Å². The maximum atomic E-state index is 15.1. The number of anilines is 1. The second-order valence-electron chi connectivity index (χ2n) is 8.61. The summed E-state index contributed by atoms with van der Waals surface area (Å²) in [6.07, 6.45) is 5.03. The van der Waals surface area contributed by atoms with E-state index >= 15 is 4.39 Å². The van der Waals surface area contributed by atoms with E-state index in [0.29, 0.717) is 40.6 Å². The molecule has 3 aromatic rings. The number of ether oxygens (including phenoxy) is 3. The lowest BCUT2D eigenvalue weighted by Gasteiger charge is -2.39. The lowest BCUT2D eigenvalue weighted by atomic mass is 9.77. The molecule has 178 valence electrons. The molecule has 1 atom stereocenters. The predicted molar refractivity (Wildman–Crippen MR) is 122 cm³/mol. The first-order valence-corrected chi connectivity index (χ1v) is 11.2. The number of carbonyl (C=O) groups is 1. The van der Waals surface area contributed by atoms with Crippen molar-refractivity contribution >= 4 is 17.6 Å². The predicted octanol–water partition coefficient (Wildman–Crippen LogP) is 3.23. The van der Waals surface area contributed by atoms with Crippen molar-refractivity contribution in [3.8, 4) is 17.4 Å². The van der Waals surface area contributed by atoms with Crippen molar-refractivity contribution in [3.63, 3.8) is 0 Å². The maximum Gasteiger partial charge on any atom is 0.283 e. The van der Waals surface area contributed by atoms with E-state index in [4.69, 9.17) is 19.9 Å². The molecule has 2 aliphatic heterocycles. The van der Waals surface area contributed by atoms with E-state index in [1.54, 1.807) is 18.2 Å². The topological polar surface area (TPSA) is 134 Å². The van der Waals surface area contributed by atoms with Crippen LogP contribution in [0.1, 0.15) is 52.5 Å². The summed E-state index contributed by atoms with van der Waals surface area (Å²) in [5.74, 6) is -0.164. The number of aromatic nitrogens is 3. The Balaban J connectivity index is 1.42. The van der Waals surface area contributed by atoms with Gasteiger partial charge in [0, 0.05) is 34.8 Å². The molecule has 0 saturated heterocycles. The van der Waals surface area contributed by atoms with Crippen LogP contribution in [0.25, 0.3) is 0 Å². The SMILES string of the molecule is COc1cnc(C(=O)Nc2ccc3c(c2)C2(CCOC(N)=N2)c2cc(C4CC4)nc(F)c2O3)cn1. The third-order valence-corrected chi connectivity index (χ3v) is 6.37. The van der Waals surface area contributed by atoms with Crippen LogP contribution in [-0.2, 0) is 10.3 Å². The highest BCUT2D eigenvalue weighted by Crippen LogP contribution is 2.54. The Morgan fingerprint density at radius 3 is 2.80 bits per heavy atom. The zero-order valence-corrected chi connectivity index (χ0v) is 18.7. The van der Waals surface area contributed by atoms with Crippen molar-refractivity contribution in [1.29, 1.82) is 0 Å². The summed E-state index contributed by atoms with van der Waals surface area (Å²) in [5.41, 5.74) is 7.43. The minimum Gasteiger partial charge on any atom is -0.480 e. The summed E-state index contributed by atoms with van der Waals surface area (Å²) in [6.45, 7) is 0.287. The third kappa shape index (κ3) is 3.59. The Bertz CT molecular complexity index is 1380. The monoisotopic (exact) mass is 476 g/mol. The lowest BCUT2D eigenvalue weighted by molar-refractivity contribution is 0.102. The van der Waals surface area contributed by atoms with Gasteiger partial charge in [-0.3, -0.25) is 4.79 Å². The molecular formula is C24H21FN6O4. The molecule has 1 fully saturated rings. The fourth-order valence-electron chi connectivity index (χ4n) is 4.49. The van der Waals surface area contributed by atoms with Crippen LogP contribution >= 0.6 is 0 Å². The molecule has 0 bridgehead atoms. The molecule has 1 saturated carbocycles. The summed E-state index contributed by atoms with van der Waals surface area (Å²) in [4.78, 5) is 29.6. The molecule has 11 heteroatoms. The highest BCUT2D eigenvalue weighted by Gasteiger charge is 2.47. The van der Waals surface area contributed by atoms with E-state index in [0.717, 1.165) is 12.8 Å². The minimum atomic E-state index is -1.04. The van der Waals surface area contributed by atoms with E-state index in [2.05, 4.69) is 25.3 Å². The molecule has 4 heterocycles. The normalized spacial score (nSPS) is 20.1. The number of amidine groups is 1. The standard InChI is InChI=1S/C24H21FN6O4/c1-33-19-11-27-17(10-28-19)22(32)29-13-4-5-18-14(8-13)24(6-7-34-23(26)31-24)15-9-16(12-2-3-12)30-21(25)20(15)35-18/h4-5,8-12H,2-3,6-7H2,1H3,(H2,26,31)(H,29,32). The number of amides is 1. The molecule has 1 unspecified atom stereocenters. The Morgan fingerprint density at radius 1 is 1.23 bits per heavy atom. The molecule has 6 rings (SSSR count). The number of rotatable bonds is 4. The Hall–Kier alpha value is -4.28. The van der Waals surface area contributed by atoms with Crippen LogP contribution in [0.2, 0.25) is 0 Å². The molecule has 10 nitrogen and oxygen atoms in total. The molecule has 2 aromatic heterocycles. The number of aliphatic imine (C=N–C) groups is 1. The number of carbonyl (C=O) groups excluding carboxylic acids is 1. The zero-order valence-electron chi connectivity index (χ0n) is 18.7. The second kappa shape index (κ2) is 7.90. The molecule has 1 spiro atoms. The highest BCUT2D eigenvalue weighted by molar-refractivity contribution is 6.02. The van der Waals surface area contributed by atoms with Gasteiger partial charge in [-0.15, -0.1) is 0 Å². The quantitative estimate of drug-likeness (QED) is 0.548. The molecule has 3 aliphatic rings. The number of pyridine rings is 1. The van der Waals surface area contributed by atoms with Gasteiger partial charge in [0.2, 0.25) is 5.88 Å². The first-order valence-electron chi connectivity index (χ1n) is 11.2. The van der Waals surface area contributed by atoms with E-state index in [9.17, 15) is 4.79 Å². The second-order valence-corrected chi connectivity index (χ2v) is 8.61. The Labute approximate surface area is 199 Å². The van der Waals surface area contributed by atoms with Gasteiger partial charge in [0.05, 0.1) is 26.1 Å². The van der Waals surface area contributed by atoms with Crippen molar-refractivity contribution in [2.24, 2.45) is 10.7 Å². The number of benzene rings is 1. The molecular weight excluding hydrogens is 455 g/mol. The van der Waals surface area contributed by atoms with Crippen molar-refractivity contribution < 1.29 is 23.4 Å². The van der Waals surface area contributed by atoms with Gasteiger partial charge in [-0.25, -0.2) is 19.9 Å². The maximum absolute atomic E-state index is 15.1. The van der Waals surface area contributed by atoms with Crippen LogP contribution in [0.4, 0.5) is 10.1 Å². The van der Waals surface area contributed by atoms with Gasteiger partial charge in [0.1, 0.15) is 17.0 Å². The average Bonchev–Trinajstić information content (AvgIpc) is 3.71. The van der Waals surface area contributed by atoms with E-state index in [1.807, 2.05) is 6.07 Å². The van der Waals surface area contributed by atoms with Gasteiger partial charge in [0.15, 0.2) is 5.75 Å². The van der Waals surface area contributed by atoms with Gasteiger partial charge in [-0.1, -0.05) is 0 Å². The molecule has 0 radical (unpaired) electrons. The fourth-order valence-corrected chi connectivity index (χ4v) is 4.49. The number of nitrogens with zero attached hydrogens (tertiary/aromatic N) is 4. The number of hydrogen-bond donors (Lipinski definition) is 2. The number of fused-ring (bicyclic) bond motifs is 4. The van der Waals surface area contributed by atoms with Crippen LogP contribution in [0.3, 0.4) is 0 Å². The van der Waals surface area contributed by atoms with Crippen molar-refractivity contribution in [3.05, 3.63) is 65.1 Å². The van der Waals surface area contributed by atoms with E-state index in [-0.39, 0.29) is 30.0 Å². The Morgan fingerprint density at radius 2 is 2.09 bits per heavy atom. The van der Waals surface area contributed by atoms with Gasteiger partial charge in [-0.2, -0.15) is 4.39 Å². The summed E-state index contributed by atoms with van der Waals surface area (Å²) >= 11 is 0. The van der Waals surface area contributed by atoms with Gasteiger partial charge >= 0.3 is 0 Å². The minimum absolute atomic E-state index is 0.00295. The van der Waals surface area contributed by atoms with Gasteiger partial charge in [0.25, 0.3) is 17.9 Å². The molecule has 1 aromatic carbocycles. The Kier molecular flexibility index (Phi) is 4.80. The molecule has 1 amide bonds. The van der Waals surface area contributed by atoms with Gasteiger partial charge in [-0.05, 0) is 37.1 Å². The third-order valence-electron chi connectivity index (χ3n) is 6.37. The number of nitrogens with two attached hydrogens (primary N) is 1. The summed E-state index contributed by atoms with van der Waals surface area (Å²) in [6, 6.07) is 6.93. The molecule has 3 N–H and O–H groups in total. The van der Waals surface area contributed by atoms with Crippen LogP contribution in [-0.4, -0.2) is 40.6 Å². The average molecular weight is 476 g/mol. The number of halogens is 1. The lowest BCUT2D eigenvalue weighted by Crippen LogP contribution is -2.39. The van der Waals surface area contributed by atoms with Crippen LogP contribution in [0.15, 0.2) is 41.7 Å². The summed E-state index contributed by atoms with van der Waals surface area (Å²) in [7, 11) is 1.47. The first-order chi connectivity index (χ1) is 17.0. The van der Waals surface area contributed by atoms with E-state index < -0.39 is 17.4 Å². The van der Waals surface area contributed by atoms with Crippen molar-refractivity contribution in [2.75, 3.05) is 19.0 Å².